The van der Waals surface area contributed by atoms with Crippen molar-refractivity contribution < 1.29 is 18.5 Å². The number of nitrogens with zero attached hydrogens (tertiary/aromatic N) is 3. The minimum Gasteiger partial charge on any atom is -0.384 e. The third-order valence-corrected chi connectivity index (χ3v) is 6.96. The molecular formula is C19H27FN4O3S2. The van der Waals surface area contributed by atoms with Gasteiger partial charge in [0.05, 0.1) is 18.3 Å². The van der Waals surface area contributed by atoms with Gasteiger partial charge in [0.25, 0.3) is 5.91 Å². The number of aliphatic hydroxyl groups is 1. The molecule has 0 aromatic carbocycles. The number of rotatable bonds is 6. The summed E-state index contributed by atoms with van der Waals surface area (Å²) in [5.41, 5.74) is 0.502. The molecule has 0 aliphatic heterocycles. The van der Waals surface area contributed by atoms with Crippen molar-refractivity contribution in [2.75, 3.05) is 0 Å². The predicted octanol–water partition coefficient (Wildman–Crippen LogP) is 3.62. The van der Waals surface area contributed by atoms with Crippen molar-refractivity contribution in [3.05, 3.63) is 39.9 Å². The molecule has 0 unspecified atom stereocenters. The quantitative estimate of drug-likeness (QED) is 0.708. The van der Waals surface area contributed by atoms with Gasteiger partial charge in [0.1, 0.15) is 11.4 Å². The lowest BCUT2D eigenvalue weighted by molar-refractivity contribution is -0.117. The average Bonchev–Trinajstić information content (AvgIpc) is 3.04. The molecule has 0 saturated carbocycles. The molecule has 0 aliphatic rings. The molecule has 10 heteroatoms. The van der Waals surface area contributed by atoms with Crippen molar-refractivity contribution in [3.63, 3.8) is 0 Å². The van der Waals surface area contributed by atoms with Gasteiger partial charge in [-0.05, 0) is 36.8 Å². The summed E-state index contributed by atoms with van der Waals surface area (Å²) in [6.07, 6.45) is 0.902. The maximum absolute atomic E-state index is 14.4. The first-order valence-electron chi connectivity index (χ1n) is 9.17. The number of nitrogens with two attached hydrogens (primary N) is 1. The third-order valence-electron chi connectivity index (χ3n) is 4.26. The fraction of sp³-hybridized carbons (Fsp3) is 0.526. The molecule has 0 saturated heterocycles. The SMILES string of the molecule is CC(C)c1ncc(F)c(C(C)C)c1CC(=O)N=[S@@](N)(=O)c1nc(C(C)(C)O)cs1. The third kappa shape index (κ3) is 5.44. The highest BCUT2D eigenvalue weighted by Crippen LogP contribution is 2.29. The van der Waals surface area contributed by atoms with Crippen LogP contribution in [0.1, 0.15) is 75.9 Å². The average molecular weight is 443 g/mol. The molecule has 0 spiro atoms. The van der Waals surface area contributed by atoms with E-state index in [4.69, 9.17) is 5.14 Å². The first kappa shape index (κ1) is 23.5. The Bertz CT molecular complexity index is 1030. The highest BCUT2D eigenvalue weighted by molar-refractivity contribution is 7.93. The number of carbonyl (C=O) groups excluding carboxylic acids is 1. The molecule has 2 aromatic rings. The van der Waals surface area contributed by atoms with Gasteiger partial charge in [0, 0.05) is 11.1 Å². The molecule has 160 valence electrons. The van der Waals surface area contributed by atoms with Crippen molar-refractivity contribution >= 4 is 27.2 Å². The van der Waals surface area contributed by atoms with Crippen molar-refractivity contribution in [2.24, 2.45) is 9.50 Å². The van der Waals surface area contributed by atoms with Crippen LogP contribution in [0.3, 0.4) is 0 Å². The Kier molecular flexibility index (Phi) is 6.93. The highest BCUT2D eigenvalue weighted by atomic mass is 32.2. The lowest BCUT2D eigenvalue weighted by atomic mass is 9.90. The van der Waals surface area contributed by atoms with E-state index in [9.17, 15) is 18.5 Å². The molecule has 0 bridgehead atoms. The fourth-order valence-corrected chi connectivity index (χ4v) is 5.10. The number of amides is 1. The number of hydrogen-bond acceptors (Lipinski definition) is 6. The monoisotopic (exact) mass is 442 g/mol. The molecule has 2 rings (SSSR count). The van der Waals surface area contributed by atoms with E-state index in [2.05, 4.69) is 14.3 Å². The van der Waals surface area contributed by atoms with Crippen LogP contribution >= 0.6 is 11.3 Å². The number of aromatic nitrogens is 2. The minimum atomic E-state index is -3.59. The van der Waals surface area contributed by atoms with E-state index in [0.29, 0.717) is 16.8 Å². The van der Waals surface area contributed by atoms with Gasteiger partial charge < -0.3 is 5.11 Å². The van der Waals surface area contributed by atoms with E-state index in [-0.39, 0.29) is 28.3 Å². The molecule has 1 atom stereocenters. The van der Waals surface area contributed by atoms with Crippen molar-refractivity contribution in [1.29, 1.82) is 0 Å². The molecule has 2 heterocycles. The standard InChI is InChI=1S/C19H27FN4O3S2/c1-10(2)16-12(17(11(3)4)22-8-13(16)20)7-15(25)24-29(21,27)18-23-14(9-28-18)19(5,6)26/h8-11,26H,7H2,1-6H3,(H2,21,24,25,27)/t29-/m1/s1. The maximum atomic E-state index is 14.4. The normalized spacial score (nSPS) is 14.3. The zero-order chi connectivity index (χ0) is 22.1. The Balaban J connectivity index is 2.46. The largest absolute Gasteiger partial charge is 0.384 e. The lowest BCUT2D eigenvalue weighted by Gasteiger charge is -2.18. The van der Waals surface area contributed by atoms with Gasteiger partial charge in [0.2, 0.25) is 4.34 Å². The second-order valence-electron chi connectivity index (χ2n) is 7.98. The Hall–Kier alpha value is -1.75. The van der Waals surface area contributed by atoms with Gasteiger partial charge in [-0.25, -0.2) is 18.7 Å². The predicted molar refractivity (Wildman–Crippen MR) is 111 cm³/mol. The van der Waals surface area contributed by atoms with Crippen LogP contribution in [0.5, 0.6) is 0 Å². The second kappa shape index (κ2) is 8.55. The zero-order valence-electron chi connectivity index (χ0n) is 17.4. The van der Waals surface area contributed by atoms with Gasteiger partial charge in [0.15, 0.2) is 9.92 Å². The molecule has 0 radical (unpaired) electrons. The Morgan fingerprint density at radius 2 is 1.97 bits per heavy atom. The maximum Gasteiger partial charge on any atom is 0.259 e. The summed E-state index contributed by atoms with van der Waals surface area (Å²) in [6.45, 7) is 10.5. The molecule has 29 heavy (non-hydrogen) atoms. The molecule has 0 fully saturated rings. The van der Waals surface area contributed by atoms with Gasteiger partial charge in [-0.15, -0.1) is 15.7 Å². The van der Waals surface area contributed by atoms with Crippen LogP contribution in [0, 0.1) is 5.82 Å². The topological polar surface area (TPSA) is 119 Å². The Morgan fingerprint density at radius 1 is 1.34 bits per heavy atom. The summed E-state index contributed by atoms with van der Waals surface area (Å²) in [7, 11) is -3.59. The number of carbonyl (C=O) groups is 1. The number of hydrogen-bond donors (Lipinski definition) is 2. The fourth-order valence-electron chi connectivity index (χ4n) is 2.91. The van der Waals surface area contributed by atoms with E-state index in [1.165, 1.54) is 19.2 Å². The number of halogens is 1. The minimum absolute atomic E-state index is 0.0357. The first-order valence-corrected chi connectivity index (χ1v) is 11.6. The van der Waals surface area contributed by atoms with E-state index in [0.717, 1.165) is 17.5 Å². The lowest BCUT2D eigenvalue weighted by Crippen LogP contribution is -2.19. The van der Waals surface area contributed by atoms with Gasteiger partial charge in [-0.1, -0.05) is 27.7 Å². The summed E-state index contributed by atoms with van der Waals surface area (Å²) >= 11 is 0.960. The van der Waals surface area contributed by atoms with Crippen molar-refractivity contribution in [1.82, 2.24) is 9.97 Å². The molecule has 1 amide bonds. The van der Waals surface area contributed by atoms with E-state index in [1.807, 2.05) is 27.7 Å². The summed E-state index contributed by atoms with van der Waals surface area (Å²) < 4.78 is 30.8. The summed E-state index contributed by atoms with van der Waals surface area (Å²) in [4.78, 5) is 20.8. The van der Waals surface area contributed by atoms with Crippen LogP contribution in [-0.4, -0.2) is 25.2 Å². The smallest absolute Gasteiger partial charge is 0.259 e. The molecule has 0 aliphatic carbocycles. The molecule has 2 aromatic heterocycles. The number of pyridine rings is 1. The van der Waals surface area contributed by atoms with Gasteiger partial charge in [-0.2, -0.15) is 0 Å². The molecule has 3 N–H and O–H groups in total. The van der Waals surface area contributed by atoms with Crippen molar-refractivity contribution in [2.45, 2.75) is 69.7 Å². The van der Waals surface area contributed by atoms with Crippen LogP contribution in [0.25, 0.3) is 0 Å². The summed E-state index contributed by atoms with van der Waals surface area (Å²) in [5, 5.41) is 17.3. The first-order chi connectivity index (χ1) is 13.2. The van der Waals surface area contributed by atoms with Crippen LogP contribution < -0.4 is 5.14 Å². The van der Waals surface area contributed by atoms with Gasteiger partial charge >= 0.3 is 0 Å². The summed E-state index contributed by atoms with van der Waals surface area (Å²) in [6, 6.07) is 0. The summed E-state index contributed by atoms with van der Waals surface area (Å²) in [5.74, 6) is -1.44. The zero-order valence-corrected chi connectivity index (χ0v) is 19.0. The van der Waals surface area contributed by atoms with Crippen molar-refractivity contribution in [3.8, 4) is 0 Å². The van der Waals surface area contributed by atoms with E-state index < -0.39 is 27.2 Å². The van der Waals surface area contributed by atoms with Crippen LogP contribution in [-0.2, 0) is 26.7 Å². The number of thiazole rings is 1. The van der Waals surface area contributed by atoms with E-state index >= 15 is 0 Å². The Labute approximate surface area is 174 Å². The highest BCUT2D eigenvalue weighted by Gasteiger charge is 2.25. The van der Waals surface area contributed by atoms with E-state index in [1.54, 1.807) is 0 Å². The second-order valence-corrected chi connectivity index (χ2v) is 10.8. The van der Waals surface area contributed by atoms with Crippen LogP contribution in [0.4, 0.5) is 4.39 Å². The Morgan fingerprint density at radius 3 is 2.45 bits per heavy atom. The van der Waals surface area contributed by atoms with Gasteiger partial charge in [-0.3, -0.25) is 9.78 Å². The van der Waals surface area contributed by atoms with Crippen LogP contribution in [0.2, 0.25) is 0 Å². The molecular weight excluding hydrogens is 415 g/mol. The van der Waals surface area contributed by atoms with Crippen LogP contribution in [0.15, 0.2) is 20.3 Å². The molecule has 7 nitrogen and oxygen atoms in total.